The number of rotatable bonds is 5. The van der Waals surface area contributed by atoms with Gasteiger partial charge in [0.25, 0.3) is 0 Å². The Hall–Kier alpha value is -1.78. The lowest BCUT2D eigenvalue weighted by Gasteiger charge is -2.14. The Balaban J connectivity index is 1.91. The van der Waals surface area contributed by atoms with Crippen LogP contribution in [0.25, 0.3) is 0 Å². The molecule has 0 spiro atoms. The van der Waals surface area contributed by atoms with Gasteiger partial charge in [-0.25, -0.2) is 0 Å². The summed E-state index contributed by atoms with van der Waals surface area (Å²) in [7, 11) is 0. The number of furan rings is 1. The topological polar surface area (TPSA) is 62.5 Å². The molecule has 0 saturated carbocycles. The molecular formula is C15H16ClNO3. The van der Waals surface area contributed by atoms with E-state index in [0.717, 1.165) is 5.56 Å². The molecule has 106 valence electrons. The van der Waals surface area contributed by atoms with E-state index in [0.29, 0.717) is 10.8 Å². The fraction of sp³-hybridized carbons (Fsp3) is 0.267. The quantitative estimate of drug-likeness (QED) is 0.891. The SMILES string of the molecule is CC(C(=O)NCC(O)c1ccco1)c1cccc(Cl)c1. The molecule has 4 nitrogen and oxygen atoms in total. The highest BCUT2D eigenvalue weighted by molar-refractivity contribution is 6.30. The number of carbonyl (C=O) groups excluding carboxylic acids is 1. The molecule has 0 aliphatic rings. The highest BCUT2D eigenvalue weighted by Gasteiger charge is 2.17. The van der Waals surface area contributed by atoms with Gasteiger partial charge in [-0.2, -0.15) is 0 Å². The van der Waals surface area contributed by atoms with Crippen molar-refractivity contribution in [2.24, 2.45) is 0 Å². The third-order valence-electron chi connectivity index (χ3n) is 3.08. The number of nitrogens with one attached hydrogen (secondary N) is 1. The van der Waals surface area contributed by atoms with Gasteiger partial charge in [-0.05, 0) is 36.8 Å². The molecular weight excluding hydrogens is 278 g/mol. The zero-order chi connectivity index (χ0) is 14.5. The van der Waals surface area contributed by atoms with Crippen LogP contribution in [0.1, 0.15) is 30.3 Å². The summed E-state index contributed by atoms with van der Waals surface area (Å²) in [6.07, 6.45) is 0.634. The Morgan fingerprint density at radius 3 is 2.85 bits per heavy atom. The largest absolute Gasteiger partial charge is 0.467 e. The Morgan fingerprint density at radius 1 is 1.40 bits per heavy atom. The average molecular weight is 294 g/mol. The van der Waals surface area contributed by atoms with E-state index in [9.17, 15) is 9.90 Å². The first-order valence-corrected chi connectivity index (χ1v) is 6.70. The van der Waals surface area contributed by atoms with E-state index in [1.54, 1.807) is 37.3 Å². The second kappa shape index (κ2) is 6.59. The van der Waals surface area contributed by atoms with Crippen molar-refractivity contribution in [3.63, 3.8) is 0 Å². The van der Waals surface area contributed by atoms with Crippen molar-refractivity contribution >= 4 is 17.5 Å². The molecule has 0 fully saturated rings. The molecule has 1 amide bonds. The standard InChI is InChI=1S/C15H16ClNO3/c1-10(11-4-2-5-12(16)8-11)15(19)17-9-13(18)14-6-3-7-20-14/h2-8,10,13,18H,9H2,1H3,(H,17,19). The van der Waals surface area contributed by atoms with E-state index in [4.69, 9.17) is 16.0 Å². The smallest absolute Gasteiger partial charge is 0.227 e. The second-order valence-electron chi connectivity index (χ2n) is 4.55. The number of benzene rings is 1. The molecule has 0 radical (unpaired) electrons. The van der Waals surface area contributed by atoms with Crippen LogP contribution in [0.3, 0.4) is 0 Å². The number of amides is 1. The maximum Gasteiger partial charge on any atom is 0.227 e. The monoisotopic (exact) mass is 293 g/mol. The van der Waals surface area contributed by atoms with Crippen LogP contribution in [0.4, 0.5) is 0 Å². The van der Waals surface area contributed by atoms with Crippen molar-refractivity contribution in [1.29, 1.82) is 0 Å². The molecule has 2 unspecified atom stereocenters. The number of aliphatic hydroxyl groups excluding tert-OH is 1. The minimum Gasteiger partial charge on any atom is -0.467 e. The summed E-state index contributed by atoms with van der Waals surface area (Å²) in [6, 6.07) is 10.5. The van der Waals surface area contributed by atoms with E-state index in [2.05, 4.69) is 5.32 Å². The fourth-order valence-electron chi connectivity index (χ4n) is 1.86. The Kier molecular flexibility index (Phi) is 4.82. The number of carbonyl (C=O) groups is 1. The summed E-state index contributed by atoms with van der Waals surface area (Å²) in [5.41, 5.74) is 0.836. The maximum absolute atomic E-state index is 12.0. The zero-order valence-corrected chi connectivity index (χ0v) is 11.8. The molecule has 1 heterocycles. The van der Waals surface area contributed by atoms with Gasteiger partial charge in [-0.1, -0.05) is 23.7 Å². The number of hydrogen-bond donors (Lipinski definition) is 2. The van der Waals surface area contributed by atoms with E-state index in [1.807, 2.05) is 6.07 Å². The van der Waals surface area contributed by atoms with Crippen molar-refractivity contribution < 1.29 is 14.3 Å². The number of hydrogen-bond acceptors (Lipinski definition) is 3. The molecule has 0 saturated heterocycles. The molecule has 1 aromatic carbocycles. The Labute approximate surface area is 122 Å². The predicted molar refractivity (Wildman–Crippen MR) is 76.5 cm³/mol. The Morgan fingerprint density at radius 2 is 2.20 bits per heavy atom. The van der Waals surface area contributed by atoms with Gasteiger partial charge in [0.05, 0.1) is 18.7 Å². The minimum atomic E-state index is -0.847. The van der Waals surface area contributed by atoms with Gasteiger partial charge in [0, 0.05) is 5.02 Å². The highest BCUT2D eigenvalue weighted by atomic mass is 35.5. The first-order chi connectivity index (χ1) is 9.58. The summed E-state index contributed by atoms with van der Waals surface area (Å²) < 4.78 is 5.07. The summed E-state index contributed by atoms with van der Waals surface area (Å²) in [4.78, 5) is 12.0. The maximum atomic E-state index is 12.0. The lowest BCUT2D eigenvalue weighted by Crippen LogP contribution is -2.31. The van der Waals surface area contributed by atoms with E-state index >= 15 is 0 Å². The first kappa shape index (κ1) is 14.6. The lowest BCUT2D eigenvalue weighted by atomic mass is 10.0. The summed E-state index contributed by atoms with van der Waals surface area (Å²) in [6.45, 7) is 1.90. The zero-order valence-electron chi connectivity index (χ0n) is 11.0. The van der Waals surface area contributed by atoms with E-state index < -0.39 is 6.10 Å². The molecule has 2 aromatic rings. The van der Waals surface area contributed by atoms with Crippen LogP contribution < -0.4 is 5.32 Å². The van der Waals surface area contributed by atoms with Crippen molar-refractivity contribution in [3.8, 4) is 0 Å². The van der Waals surface area contributed by atoms with Crippen molar-refractivity contribution in [2.45, 2.75) is 18.9 Å². The van der Waals surface area contributed by atoms with Crippen LogP contribution >= 0.6 is 11.6 Å². The fourth-order valence-corrected chi connectivity index (χ4v) is 2.06. The number of halogens is 1. The van der Waals surface area contributed by atoms with Gasteiger partial charge in [0.15, 0.2) is 0 Å². The van der Waals surface area contributed by atoms with Gasteiger partial charge in [0.1, 0.15) is 11.9 Å². The van der Waals surface area contributed by atoms with Gasteiger partial charge in [-0.3, -0.25) is 4.79 Å². The van der Waals surface area contributed by atoms with Crippen LogP contribution in [-0.4, -0.2) is 17.6 Å². The molecule has 0 aliphatic heterocycles. The lowest BCUT2D eigenvalue weighted by molar-refractivity contribution is -0.122. The molecule has 2 atom stereocenters. The van der Waals surface area contributed by atoms with Crippen LogP contribution in [0.5, 0.6) is 0 Å². The summed E-state index contributed by atoms with van der Waals surface area (Å²) in [5.74, 6) is -0.0731. The molecule has 1 aromatic heterocycles. The molecule has 2 N–H and O–H groups in total. The predicted octanol–water partition coefficient (Wildman–Crippen LogP) is 2.89. The van der Waals surface area contributed by atoms with Crippen LogP contribution in [0.2, 0.25) is 5.02 Å². The second-order valence-corrected chi connectivity index (χ2v) is 4.99. The van der Waals surface area contributed by atoms with E-state index in [-0.39, 0.29) is 18.4 Å². The third kappa shape index (κ3) is 3.62. The molecule has 0 aliphatic carbocycles. The van der Waals surface area contributed by atoms with Crippen LogP contribution in [-0.2, 0) is 4.79 Å². The highest BCUT2D eigenvalue weighted by Crippen LogP contribution is 2.20. The van der Waals surface area contributed by atoms with Crippen molar-refractivity contribution in [3.05, 3.63) is 59.0 Å². The van der Waals surface area contributed by atoms with Gasteiger partial charge < -0.3 is 14.8 Å². The third-order valence-corrected chi connectivity index (χ3v) is 3.32. The van der Waals surface area contributed by atoms with Crippen LogP contribution in [0.15, 0.2) is 47.1 Å². The molecule has 2 rings (SSSR count). The molecule has 0 bridgehead atoms. The minimum absolute atomic E-state index is 0.108. The number of aliphatic hydroxyl groups is 1. The normalized spacial score (nSPS) is 13.8. The molecule has 20 heavy (non-hydrogen) atoms. The Bertz CT molecular complexity index is 568. The summed E-state index contributed by atoms with van der Waals surface area (Å²) >= 11 is 5.90. The first-order valence-electron chi connectivity index (χ1n) is 6.32. The van der Waals surface area contributed by atoms with Gasteiger partial charge in [-0.15, -0.1) is 0 Å². The molecule has 5 heteroatoms. The van der Waals surface area contributed by atoms with Crippen LogP contribution in [0, 0.1) is 0 Å². The van der Waals surface area contributed by atoms with Gasteiger partial charge in [0.2, 0.25) is 5.91 Å². The average Bonchev–Trinajstić information content (AvgIpc) is 2.97. The van der Waals surface area contributed by atoms with Gasteiger partial charge >= 0.3 is 0 Å². The van der Waals surface area contributed by atoms with E-state index in [1.165, 1.54) is 6.26 Å². The van der Waals surface area contributed by atoms with Crippen molar-refractivity contribution in [2.75, 3.05) is 6.54 Å². The van der Waals surface area contributed by atoms with Crippen molar-refractivity contribution in [1.82, 2.24) is 5.32 Å². The summed E-state index contributed by atoms with van der Waals surface area (Å²) in [5, 5.41) is 13.1.